The van der Waals surface area contributed by atoms with Crippen molar-refractivity contribution in [3.63, 3.8) is 0 Å². The Morgan fingerprint density at radius 1 is 0.593 bits per heavy atom. The minimum absolute atomic E-state index is 0.0364. The van der Waals surface area contributed by atoms with Crippen LogP contribution in [-0.4, -0.2) is 113 Å². The molecule has 0 aliphatic carbocycles. The zero-order valence-electron chi connectivity index (χ0n) is 32.4. The van der Waals surface area contributed by atoms with Crippen molar-refractivity contribution in [3.05, 3.63) is 108 Å². The minimum Gasteiger partial charge on any atom is -0.487 e. The number of carbonyl (C=O) groups excluding carboxylic acids is 5. The van der Waals surface area contributed by atoms with Gasteiger partial charge in [-0.05, 0) is 61.4 Å². The SMILES string of the molecule is O=C1COc2ccccc2C(=O)NCCCCNC(=O)c2ccccc2OCC(=O)Nc2ccccc2OCC(OC(=O)CN2CCOCC2)COc2ccccc2N1. The van der Waals surface area contributed by atoms with Crippen LogP contribution in [0.25, 0.3) is 0 Å². The number of esters is 1. The third kappa shape index (κ3) is 12.9. The number of benzene rings is 4. The molecular formula is C43H47N5O11. The van der Waals surface area contributed by atoms with Gasteiger partial charge in [0, 0.05) is 26.2 Å². The molecule has 0 saturated carbocycles. The topological polar surface area (TPSA) is 192 Å². The molecule has 2 aliphatic heterocycles. The number of amides is 4. The molecular weight excluding hydrogens is 762 g/mol. The van der Waals surface area contributed by atoms with Crippen molar-refractivity contribution < 1.29 is 52.4 Å². The lowest BCUT2D eigenvalue weighted by atomic mass is 10.1. The lowest BCUT2D eigenvalue weighted by Crippen LogP contribution is -2.42. The van der Waals surface area contributed by atoms with Crippen LogP contribution in [0.4, 0.5) is 11.4 Å². The van der Waals surface area contributed by atoms with Crippen LogP contribution in [-0.2, 0) is 23.9 Å². The fourth-order valence-corrected chi connectivity index (χ4v) is 6.10. The molecule has 0 unspecified atom stereocenters. The quantitative estimate of drug-likeness (QED) is 0.220. The molecule has 4 aromatic rings. The Balaban J connectivity index is 1.20. The molecule has 4 aromatic carbocycles. The summed E-state index contributed by atoms with van der Waals surface area (Å²) < 4.78 is 35.1. The van der Waals surface area contributed by atoms with Crippen molar-refractivity contribution in [2.45, 2.75) is 18.9 Å². The van der Waals surface area contributed by atoms with Crippen LogP contribution in [0.1, 0.15) is 33.6 Å². The molecule has 4 N–H and O–H groups in total. The fraction of sp³-hybridized carbons (Fsp3) is 0.326. The number of para-hydroxylation sites is 6. The molecule has 16 heteroatoms. The number of ether oxygens (including phenoxy) is 6. The number of carbonyl (C=O) groups is 5. The first-order chi connectivity index (χ1) is 28.8. The summed E-state index contributed by atoms with van der Waals surface area (Å²) in [4.78, 5) is 67.5. The average Bonchev–Trinajstić information content (AvgIpc) is 3.25. The minimum atomic E-state index is -0.927. The van der Waals surface area contributed by atoms with Crippen LogP contribution in [0.15, 0.2) is 97.1 Å². The fourth-order valence-electron chi connectivity index (χ4n) is 6.10. The standard InChI is InChI=1S/C43H47N5O11/c49-39-28-57-35-15-5-1-11-31(35)42(52)44-19-9-10-20-45-43(53)32-12-2-6-16-36(32)58-29-40(50)47-34-14-4-8-18-38(34)56-27-30(26-55-37-17-7-3-13-33(37)46-39)59-41(51)25-48-21-23-54-24-22-48/h1-8,11-18,30H,9-10,19-29H2,(H,44,52)(H,45,53)(H,46,49)(H,47,50). The van der Waals surface area contributed by atoms with Gasteiger partial charge in [-0.25, -0.2) is 0 Å². The molecule has 6 rings (SSSR count). The zero-order valence-corrected chi connectivity index (χ0v) is 32.4. The van der Waals surface area contributed by atoms with Crippen molar-refractivity contribution in [1.29, 1.82) is 0 Å². The summed E-state index contributed by atoms with van der Waals surface area (Å²) in [6.07, 6.45) is 0.212. The Hall–Kier alpha value is -6.65. The van der Waals surface area contributed by atoms with Gasteiger partial charge in [0.05, 0.1) is 42.3 Å². The molecule has 16 nitrogen and oxygen atoms in total. The van der Waals surface area contributed by atoms with E-state index in [1.54, 1.807) is 97.1 Å². The van der Waals surface area contributed by atoms with Crippen LogP contribution in [0.3, 0.4) is 0 Å². The first kappa shape index (κ1) is 42.0. The van der Waals surface area contributed by atoms with Gasteiger partial charge in [-0.1, -0.05) is 48.5 Å². The summed E-state index contributed by atoms with van der Waals surface area (Å²) in [6, 6.07) is 26.7. The lowest BCUT2D eigenvalue weighted by Gasteiger charge is -2.27. The zero-order chi connectivity index (χ0) is 41.2. The van der Waals surface area contributed by atoms with E-state index in [-0.39, 0.29) is 54.2 Å². The highest BCUT2D eigenvalue weighted by atomic mass is 16.6. The van der Waals surface area contributed by atoms with Gasteiger partial charge < -0.3 is 49.7 Å². The molecule has 0 spiro atoms. The van der Waals surface area contributed by atoms with Crippen LogP contribution >= 0.6 is 0 Å². The number of nitrogens with zero attached hydrogens (tertiary/aromatic N) is 1. The molecule has 2 aliphatic rings. The molecule has 2 heterocycles. The van der Waals surface area contributed by atoms with Crippen LogP contribution in [0.2, 0.25) is 0 Å². The number of rotatable bonds is 3. The van der Waals surface area contributed by atoms with Gasteiger partial charge in [-0.3, -0.25) is 28.9 Å². The van der Waals surface area contributed by atoms with E-state index in [9.17, 15) is 24.0 Å². The van der Waals surface area contributed by atoms with Crippen molar-refractivity contribution in [3.8, 4) is 23.0 Å². The normalized spacial score (nSPS) is 17.2. The molecule has 1 fully saturated rings. The Bertz CT molecular complexity index is 1940. The molecule has 0 radical (unpaired) electrons. The van der Waals surface area contributed by atoms with E-state index in [2.05, 4.69) is 21.3 Å². The van der Waals surface area contributed by atoms with E-state index in [1.165, 1.54) is 0 Å². The van der Waals surface area contributed by atoms with Crippen LogP contribution in [0, 0.1) is 0 Å². The smallest absolute Gasteiger partial charge is 0.320 e. The maximum absolute atomic E-state index is 13.1. The van der Waals surface area contributed by atoms with Gasteiger partial charge >= 0.3 is 5.97 Å². The van der Waals surface area contributed by atoms with Crippen molar-refractivity contribution >= 4 is 41.0 Å². The number of morpholine rings is 1. The van der Waals surface area contributed by atoms with E-state index < -0.39 is 37.1 Å². The van der Waals surface area contributed by atoms with Crippen molar-refractivity contribution in [2.24, 2.45) is 0 Å². The highest BCUT2D eigenvalue weighted by molar-refractivity contribution is 5.98. The maximum Gasteiger partial charge on any atom is 0.320 e. The number of hydrogen-bond acceptors (Lipinski definition) is 12. The Morgan fingerprint density at radius 2 is 1.03 bits per heavy atom. The Morgan fingerprint density at radius 3 is 1.53 bits per heavy atom. The first-order valence-corrected chi connectivity index (χ1v) is 19.4. The second-order valence-corrected chi connectivity index (χ2v) is 13.5. The third-order valence-electron chi connectivity index (χ3n) is 9.08. The first-order valence-electron chi connectivity index (χ1n) is 19.4. The average molecular weight is 810 g/mol. The van der Waals surface area contributed by atoms with E-state index in [0.29, 0.717) is 75.1 Å². The van der Waals surface area contributed by atoms with E-state index in [0.717, 1.165) is 0 Å². The molecule has 59 heavy (non-hydrogen) atoms. The number of fused-ring (bicyclic) bond motifs is 4. The van der Waals surface area contributed by atoms with E-state index >= 15 is 0 Å². The van der Waals surface area contributed by atoms with Gasteiger partial charge in [0.2, 0.25) is 0 Å². The summed E-state index contributed by atoms with van der Waals surface area (Å²) >= 11 is 0. The van der Waals surface area contributed by atoms with Crippen molar-refractivity contribution in [2.75, 3.05) is 83.0 Å². The van der Waals surface area contributed by atoms with Gasteiger partial charge in [-0.15, -0.1) is 0 Å². The van der Waals surface area contributed by atoms with Crippen LogP contribution < -0.4 is 40.2 Å². The van der Waals surface area contributed by atoms with Crippen LogP contribution in [0.5, 0.6) is 23.0 Å². The van der Waals surface area contributed by atoms with E-state index in [1.807, 2.05) is 4.90 Å². The molecule has 0 atom stereocenters. The van der Waals surface area contributed by atoms with Gasteiger partial charge in [0.15, 0.2) is 19.3 Å². The number of hydrogen-bond donors (Lipinski definition) is 4. The summed E-state index contributed by atoms with van der Waals surface area (Å²) in [5.41, 5.74) is 1.19. The predicted octanol–water partition coefficient (Wildman–Crippen LogP) is 3.68. The summed E-state index contributed by atoms with van der Waals surface area (Å²) in [7, 11) is 0. The van der Waals surface area contributed by atoms with E-state index in [4.69, 9.17) is 28.4 Å². The molecule has 0 bridgehead atoms. The lowest BCUT2D eigenvalue weighted by molar-refractivity contribution is -0.154. The van der Waals surface area contributed by atoms with Crippen molar-refractivity contribution in [1.82, 2.24) is 15.5 Å². The van der Waals surface area contributed by atoms with Gasteiger partial charge in [0.25, 0.3) is 23.6 Å². The number of anilines is 2. The summed E-state index contributed by atoms with van der Waals surface area (Å²) in [6.45, 7) is 1.75. The monoisotopic (exact) mass is 809 g/mol. The summed E-state index contributed by atoms with van der Waals surface area (Å²) in [5, 5.41) is 11.3. The Labute approximate surface area is 341 Å². The maximum atomic E-state index is 13.1. The third-order valence-corrected chi connectivity index (χ3v) is 9.08. The second kappa shape index (κ2) is 21.8. The highest BCUT2D eigenvalue weighted by Crippen LogP contribution is 2.27. The summed E-state index contributed by atoms with van der Waals surface area (Å²) in [5.74, 6) is -1.23. The predicted molar refractivity (Wildman–Crippen MR) is 216 cm³/mol. The van der Waals surface area contributed by atoms with Gasteiger partial charge in [-0.2, -0.15) is 0 Å². The highest BCUT2D eigenvalue weighted by Gasteiger charge is 2.23. The molecule has 0 aromatic heterocycles. The number of nitrogens with one attached hydrogen (secondary N) is 4. The second-order valence-electron chi connectivity index (χ2n) is 13.5. The van der Waals surface area contributed by atoms with Gasteiger partial charge in [0.1, 0.15) is 36.2 Å². The Kier molecular flexibility index (Phi) is 15.5. The molecule has 4 amide bonds. The molecule has 310 valence electrons. The largest absolute Gasteiger partial charge is 0.487 e. The molecule has 1 saturated heterocycles.